The first kappa shape index (κ1) is 16.7. The molecule has 2 aromatic rings. The van der Waals surface area contributed by atoms with Crippen LogP contribution in [0, 0.1) is 11.3 Å². The maximum Gasteiger partial charge on any atom is 0.248 e. The van der Waals surface area contributed by atoms with Crippen molar-refractivity contribution in [2.45, 2.75) is 0 Å². The number of nitrogens with one attached hydrogen (secondary N) is 1. The van der Waals surface area contributed by atoms with E-state index in [2.05, 4.69) is 16.3 Å². The molecular weight excluding hydrogens is 314 g/mol. The topological polar surface area (TPSA) is 65.4 Å². The second-order valence-corrected chi connectivity index (χ2v) is 5.71. The molecule has 1 amide bonds. The number of hydrogen-bond donors (Lipinski definition) is 1. The molecular formula is C20H19N3O2. The number of nitriles is 1. The first-order valence-electron chi connectivity index (χ1n) is 8.16. The van der Waals surface area contributed by atoms with E-state index in [-0.39, 0.29) is 5.91 Å². The summed E-state index contributed by atoms with van der Waals surface area (Å²) < 4.78 is 5.37. The number of nitrogens with zero attached hydrogens (tertiary/aromatic N) is 2. The molecule has 5 heteroatoms. The molecule has 25 heavy (non-hydrogen) atoms. The van der Waals surface area contributed by atoms with Gasteiger partial charge in [0.05, 0.1) is 24.8 Å². The van der Waals surface area contributed by atoms with Gasteiger partial charge in [0.1, 0.15) is 0 Å². The summed E-state index contributed by atoms with van der Waals surface area (Å²) in [6, 6.07) is 17.0. The molecule has 126 valence electrons. The van der Waals surface area contributed by atoms with Crippen LogP contribution >= 0.6 is 0 Å². The molecule has 1 fully saturated rings. The smallest absolute Gasteiger partial charge is 0.248 e. The van der Waals surface area contributed by atoms with Crippen LogP contribution in [0.3, 0.4) is 0 Å². The summed E-state index contributed by atoms with van der Waals surface area (Å²) in [5, 5.41) is 11.8. The quantitative estimate of drug-likeness (QED) is 0.874. The Labute approximate surface area is 147 Å². The van der Waals surface area contributed by atoms with Crippen LogP contribution in [-0.4, -0.2) is 32.2 Å². The molecule has 0 saturated carbocycles. The van der Waals surface area contributed by atoms with Crippen LogP contribution in [0.2, 0.25) is 0 Å². The lowest BCUT2D eigenvalue weighted by Gasteiger charge is -2.29. The van der Waals surface area contributed by atoms with Crippen molar-refractivity contribution in [1.82, 2.24) is 0 Å². The summed E-state index contributed by atoms with van der Waals surface area (Å²) in [4.78, 5) is 14.4. The van der Waals surface area contributed by atoms with E-state index < -0.39 is 0 Å². The van der Waals surface area contributed by atoms with Crippen LogP contribution in [0.15, 0.2) is 54.6 Å². The average molecular weight is 333 g/mol. The number of carbonyl (C=O) groups excluding carboxylic acids is 1. The number of morpholine rings is 1. The largest absolute Gasteiger partial charge is 0.378 e. The monoisotopic (exact) mass is 333 g/mol. The SMILES string of the molecule is N#Cc1cccc(/C=C/C(=O)Nc2cccc(N3CCOCC3)c2)c1. The number of hydrogen-bond acceptors (Lipinski definition) is 4. The summed E-state index contributed by atoms with van der Waals surface area (Å²) in [7, 11) is 0. The number of rotatable bonds is 4. The fourth-order valence-electron chi connectivity index (χ4n) is 2.67. The zero-order valence-corrected chi connectivity index (χ0v) is 13.8. The second kappa shape index (κ2) is 8.13. The maximum absolute atomic E-state index is 12.1. The van der Waals surface area contributed by atoms with Crippen LogP contribution < -0.4 is 10.2 Å². The van der Waals surface area contributed by atoms with Gasteiger partial charge in [-0.25, -0.2) is 0 Å². The molecule has 0 unspecified atom stereocenters. The van der Waals surface area contributed by atoms with E-state index in [9.17, 15) is 4.79 Å². The van der Waals surface area contributed by atoms with Gasteiger partial charge in [-0.3, -0.25) is 4.79 Å². The van der Waals surface area contributed by atoms with Crippen molar-refractivity contribution >= 4 is 23.4 Å². The molecule has 0 bridgehead atoms. The van der Waals surface area contributed by atoms with Gasteiger partial charge in [0.2, 0.25) is 5.91 Å². The van der Waals surface area contributed by atoms with Crippen molar-refractivity contribution < 1.29 is 9.53 Å². The van der Waals surface area contributed by atoms with E-state index in [1.54, 1.807) is 24.3 Å². The van der Waals surface area contributed by atoms with Crippen molar-refractivity contribution in [2.24, 2.45) is 0 Å². The Morgan fingerprint density at radius 2 is 1.96 bits per heavy atom. The summed E-state index contributed by atoms with van der Waals surface area (Å²) >= 11 is 0. The molecule has 1 aliphatic rings. The first-order valence-corrected chi connectivity index (χ1v) is 8.16. The van der Waals surface area contributed by atoms with E-state index in [0.29, 0.717) is 5.56 Å². The number of anilines is 2. The zero-order valence-electron chi connectivity index (χ0n) is 13.8. The molecule has 1 aliphatic heterocycles. The molecule has 1 N–H and O–H groups in total. The third kappa shape index (κ3) is 4.69. The maximum atomic E-state index is 12.1. The van der Waals surface area contributed by atoms with Crippen LogP contribution in [-0.2, 0) is 9.53 Å². The fraction of sp³-hybridized carbons (Fsp3) is 0.200. The Morgan fingerprint density at radius 1 is 1.16 bits per heavy atom. The van der Waals surface area contributed by atoms with Crippen molar-refractivity contribution in [1.29, 1.82) is 5.26 Å². The molecule has 5 nitrogen and oxygen atoms in total. The molecule has 3 rings (SSSR count). The molecule has 0 spiro atoms. The normalized spacial score (nSPS) is 14.3. The van der Waals surface area contributed by atoms with E-state index >= 15 is 0 Å². The van der Waals surface area contributed by atoms with Gasteiger partial charge in [0.15, 0.2) is 0 Å². The van der Waals surface area contributed by atoms with Gasteiger partial charge in [-0.05, 0) is 42.0 Å². The van der Waals surface area contributed by atoms with Crippen LogP contribution in [0.4, 0.5) is 11.4 Å². The summed E-state index contributed by atoms with van der Waals surface area (Å²) in [6.45, 7) is 3.15. The third-order valence-corrected chi connectivity index (χ3v) is 3.93. The molecule has 0 aliphatic carbocycles. The van der Waals surface area contributed by atoms with E-state index in [4.69, 9.17) is 10.00 Å². The minimum atomic E-state index is -0.207. The lowest BCUT2D eigenvalue weighted by molar-refractivity contribution is -0.111. The minimum Gasteiger partial charge on any atom is -0.378 e. The van der Waals surface area contributed by atoms with E-state index in [1.807, 2.05) is 30.3 Å². The van der Waals surface area contributed by atoms with Crippen LogP contribution in [0.25, 0.3) is 6.08 Å². The summed E-state index contributed by atoms with van der Waals surface area (Å²) in [6.07, 6.45) is 3.17. The molecule has 0 atom stereocenters. The average Bonchev–Trinajstić information content (AvgIpc) is 2.67. The molecule has 0 radical (unpaired) electrons. The Balaban J connectivity index is 1.64. The zero-order chi connectivity index (χ0) is 17.5. The number of carbonyl (C=O) groups is 1. The fourth-order valence-corrected chi connectivity index (χ4v) is 2.67. The van der Waals surface area contributed by atoms with Crippen molar-refractivity contribution in [3.8, 4) is 6.07 Å². The highest BCUT2D eigenvalue weighted by Crippen LogP contribution is 2.20. The standard InChI is InChI=1S/C20H19N3O2/c21-15-17-4-1-3-16(13-17)7-8-20(24)22-18-5-2-6-19(14-18)23-9-11-25-12-10-23/h1-8,13-14H,9-12H2,(H,22,24)/b8-7+. The van der Waals surface area contributed by atoms with Gasteiger partial charge in [-0.15, -0.1) is 0 Å². The Morgan fingerprint density at radius 3 is 2.76 bits per heavy atom. The number of amides is 1. The van der Waals surface area contributed by atoms with Gasteiger partial charge in [0, 0.05) is 30.5 Å². The van der Waals surface area contributed by atoms with Gasteiger partial charge in [0.25, 0.3) is 0 Å². The Bertz CT molecular complexity index is 818. The van der Waals surface area contributed by atoms with Gasteiger partial charge in [-0.1, -0.05) is 18.2 Å². The predicted octanol–water partition coefficient (Wildman–Crippen LogP) is 3.05. The minimum absolute atomic E-state index is 0.207. The van der Waals surface area contributed by atoms with Gasteiger partial charge < -0.3 is 15.0 Å². The van der Waals surface area contributed by atoms with E-state index in [1.165, 1.54) is 6.08 Å². The highest BCUT2D eigenvalue weighted by Gasteiger charge is 2.11. The van der Waals surface area contributed by atoms with Gasteiger partial charge in [-0.2, -0.15) is 5.26 Å². The lowest BCUT2D eigenvalue weighted by Crippen LogP contribution is -2.36. The number of ether oxygens (including phenoxy) is 1. The molecule has 2 aromatic carbocycles. The second-order valence-electron chi connectivity index (χ2n) is 5.71. The predicted molar refractivity (Wildman–Crippen MR) is 98.3 cm³/mol. The molecule has 0 aromatic heterocycles. The lowest BCUT2D eigenvalue weighted by atomic mass is 10.1. The van der Waals surface area contributed by atoms with Crippen molar-refractivity contribution in [3.05, 3.63) is 65.7 Å². The highest BCUT2D eigenvalue weighted by atomic mass is 16.5. The third-order valence-electron chi connectivity index (χ3n) is 3.93. The van der Waals surface area contributed by atoms with Crippen molar-refractivity contribution in [3.63, 3.8) is 0 Å². The van der Waals surface area contributed by atoms with Crippen LogP contribution in [0.1, 0.15) is 11.1 Å². The summed E-state index contributed by atoms with van der Waals surface area (Å²) in [5.41, 5.74) is 3.22. The van der Waals surface area contributed by atoms with Crippen molar-refractivity contribution in [2.75, 3.05) is 36.5 Å². The van der Waals surface area contributed by atoms with Crippen LogP contribution in [0.5, 0.6) is 0 Å². The first-order chi connectivity index (χ1) is 12.2. The summed E-state index contributed by atoms with van der Waals surface area (Å²) in [5.74, 6) is -0.207. The highest BCUT2D eigenvalue weighted by molar-refractivity contribution is 6.02. The number of benzene rings is 2. The Kier molecular flexibility index (Phi) is 5.45. The van der Waals surface area contributed by atoms with E-state index in [0.717, 1.165) is 43.2 Å². The Hall–Kier alpha value is -3.10. The molecule has 1 saturated heterocycles. The molecule has 1 heterocycles. The van der Waals surface area contributed by atoms with Gasteiger partial charge >= 0.3 is 0 Å².